The van der Waals surface area contributed by atoms with Crippen LogP contribution in [0.25, 0.3) is 0 Å². The van der Waals surface area contributed by atoms with Gasteiger partial charge in [-0.15, -0.1) is 11.3 Å². The van der Waals surface area contributed by atoms with Crippen molar-refractivity contribution in [1.82, 2.24) is 9.88 Å². The van der Waals surface area contributed by atoms with Crippen LogP contribution in [-0.4, -0.2) is 39.3 Å². The van der Waals surface area contributed by atoms with Gasteiger partial charge in [0.25, 0.3) is 0 Å². The summed E-state index contributed by atoms with van der Waals surface area (Å²) in [5.74, 6) is 0. The lowest BCUT2D eigenvalue weighted by molar-refractivity contribution is 0.0457. The fourth-order valence-corrected chi connectivity index (χ4v) is 3.12. The molecule has 1 aromatic rings. The Bertz CT molecular complexity index is 397. The van der Waals surface area contributed by atoms with E-state index in [1.807, 2.05) is 0 Å². The molecule has 2 N–H and O–H groups in total. The molecule has 1 fully saturated rings. The van der Waals surface area contributed by atoms with Gasteiger partial charge < -0.3 is 15.1 Å². The van der Waals surface area contributed by atoms with E-state index < -0.39 is 11.7 Å². The molecule has 0 aromatic carbocycles. The highest BCUT2D eigenvalue weighted by Gasteiger charge is 2.41. The maximum atomic E-state index is 10.7. The Kier molecular flexibility index (Phi) is 2.86. The van der Waals surface area contributed by atoms with Crippen LogP contribution in [0.15, 0.2) is 6.20 Å². The largest absolute Gasteiger partial charge is 0.465 e. The Morgan fingerprint density at radius 2 is 2.47 bits per heavy atom. The molecule has 1 aromatic heterocycles. The van der Waals surface area contributed by atoms with Crippen LogP contribution < -0.4 is 0 Å². The van der Waals surface area contributed by atoms with Gasteiger partial charge in [0.05, 0.1) is 15.6 Å². The third-order valence-electron chi connectivity index (χ3n) is 2.39. The number of hydrogen-bond donors (Lipinski definition) is 2. The summed E-state index contributed by atoms with van der Waals surface area (Å²) in [7, 11) is 0. The number of thiazole rings is 1. The number of likely N-dealkylation sites (tertiary alicyclic amines) is 1. The maximum absolute atomic E-state index is 10.7. The Morgan fingerprint density at radius 3 is 2.93 bits per heavy atom. The van der Waals surface area contributed by atoms with E-state index in [4.69, 9.17) is 5.11 Å². The molecule has 82 valence electrons. The zero-order chi connectivity index (χ0) is 11.1. The molecule has 5 nitrogen and oxygen atoms in total. The summed E-state index contributed by atoms with van der Waals surface area (Å²) >= 11 is 3.53. The van der Waals surface area contributed by atoms with Crippen molar-refractivity contribution in [2.45, 2.75) is 12.0 Å². The number of β-amino-alcohol motifs (C(OH)–C–C–N with tert-alkyl or cyclic N) is 1. The highest BCUT2D eigenvalue weighted by molar-refractivity contribution is 14.1. The summed E-state index contributed by atoms with van der Waals surface area (Å²) in [5, 5.41) is 19.6. The van der Waals surface area contributed by atoms with Gasteiger partial charge in [0.2, 0.25) is 0 Å². The number of aromatic nitrogens is 1. The van der Waals surface area contributed by atoms with E-state index in [9.17, 15) is 9.90 Å². The summed E-state index contributed by atoms with van der Waals surface area (Å²) in [5.41, 5.74) is -1.09. The topological polar surface area (TPSA) is 73.7 Å². The molecule has 1 saturated heterocycles. The van der Waals surface area contributed by atoms with E-state index in [1.54, 1.807) is 6.20 Å². The highest BCUT2D eigenvalue weighted by atomic mass is 127. The van der Waals surface area contributed by atoms with Crippen LogP contribution in [0.1, 0.15) is 11.4 Å². The van der Waals surface area contributed by atoms with Crippen LogP contribution in [0, 0.1) is 2.88 Å². The molecule has 1 aliphatic heterocycles. The van der Waals surface area contributed by atoms with Gasteiger partial charge in [-0.25, -0.2) is 9.78 Å². The van der Waals surface area contributed by atoms with Gasteiger partial charge in [-0.05, 0) is 22.6 Å². The van der Waals surface area contributed by atoms with E-state index in [2.05, 4.69) is 27.6 Å². The Morgan fingerprint density at radius 1 is 1.73 bits per heavy atom. The SMILES string of the molecule is O=C(O)N1CCC(O)(c2ncc(I)s2)C1. The lowest BCUT2D eigenvalue weighted by atomic mass is 10.1. The molecule has 0 spiro atoms. The molecule has 7 heteroatoms. The standard InChI is InChI=1S/C8H9IN2O3S/c9-5-3-10-6(15-5)8(14)1-2-11(4-8)7(12)13/h3,14H,1-2,4H2,(H,12,13). The number of halogens is 1. The van der Waals surface area contributed by atoms with Crippen molar-refractivity contribution in [2.24, 2.45) is 0 Å². The Labute approximate surface area is 104 Å². The summed E-state index contributed by atoms with van der Waals surface area (Å²) in [6.07, 6.45) is 1.11. The smallest absolute Gasteiger partial charge is 0.407 e. The first-order chi connectivity index (χ1) is 7.01. The molecule has 2 rings (SSSR count). The molecule has 0 saturated carbocycles. The van der Waals surface area contributed by atoms with Gasteiger partial charge in [-0.3, -0.25) is 0 Å². The molecule has 1 aliphatic rings. The molecule has 0 aliphatic carbocycles. The summed E-state index contributed by atoms with van der Waals surface area (Å²) in [6, 6.07) is 0. The van der Waals surface area contributed by atoms with Crippen molar-refractivity contribution in [3.05, 3.63) is 14.1 Å². The van der Waals surface area contributed by atoms with Crippen LogP contribution in [0.2, 0.25) is 0 Å². The minimum Gasteiger partial charge on any atom is -0.465 e. The monoisotopic (exact) mass is 340 g/mol. The minimum absolute atomic E-state index is 0.117. The van der Waals surface area contributed by atoms with Crippen LogP contribution in [0.4, 0.5) is 4.79 Å². The second-order valence-corrected chi connectivity index (χ2v) is 6.38. The molecule has 2 heterocycles. The average molecular weight is 340 g/mol. The number of carboxylic acid groups (broad SMARTS) is 1. The first-order valence-electron chi connectivity index (χ1n) is 4.33. The quantitative estimate of drug-likeness (QED) is 0.757. The van der Waals surface area contributed by atoms with E-state index in [0.29, 0.717) is 18.0 Å². The summed E-state index contributed by atoms with van der Waals surface area (Å²) in [6.45, 7) is 0.480. The first kappa shape index (κ1) is 11.1. The van der Waals surface area contributed by atoms with Crippen molar-refractivity contribution < 1.29 is 15.0 Å². The number of carbonyl (C=O) groups is 1. The van der Waals surface area contributed by atoms with Gasteiger partial charge in [0.1, 0.15) is 10.6 Å². The van der Waals surface area contributed by atoms with Gasteiger partial charge in [0, 0.05) is 13.0 Å². The lowest BCUT2D eigenvalue weighted by Gasteiger charge is -2.19. The van der Waals surface area contributed by atoms with E-state index in [0.717, 1.165) is 2.88 Å². The molecule has 1 unspecified atom stereocenters. The maximum Gasteiger partial charge on any atom is 0.407 e. The second kappa shape index (κ2) is 3.87. The third-order valence-corrected chi connectivity index (χ3v) is 4.31. The minimum atomic E-state index is -1.09. The van der Waals surface area contributed by atoms with Crippen molar-refractivity contribution >= 4 is 40.0 Å². The number of rotatable bonds is 1. The fourth-order valence-electron chi connectivity index (χ4n) is 1.60. The van der Waals surface area contributed by atoms with Crippen molar-refractivity contribution in [3.8, 4) is 0 Å². The molecule has 1 amide bonds. The average Bonchev–Trinajstić information content (AvgIpc) is 2.73. The van der Waals surface area contributed by atoms with Crippen LogP contribution in [-0.2, 0) is 5.60 Å². The van der Waals surface area contributed by atoms with E-state index >= 15 is 0 Å². The van der Waals surface area contributed by atoms with Gasteiger partial charge >= 0.3 is 6.09 Å². The predicted octanol–water partition coefficient (Wildman–Crippen LogP) is 1.32. The molecule has 1 atom stereocenters. The summed E-state index contributed by atoms with van der Waals surface area (Å²) in [4.78, 5) is 16.0. The fraction of sp³-hybridized carbons (Fsp3) is 0.500. The van der Waals surface area contributed by atoms with Gasteiger partial charge in [-0.2, -0.15) is 0 Å². The van der Waals surface area contributed by atoms with Gasteiger partial charge in [-0.1, -0.05) is 0 Å². The molecule has 15 heavy (non-hydrogen) atoms. The molecule has 0 radical (unpaired) electrons. The normalized spacial score (nSPS) is 25.9. The van der Waals surface area contributed by atoms with Crippen molar-refractivity contribution in [2.75, 3.05) is 13.1 Å². The molecule has 0 bridgehead atoms. The number of nitrogens with zero attached hydrogens (tertiary/aromatic N) is 2. The van der Waals surface area contributed by atoms with Gasteiger partial charge in [0.15, 0.2) is 0 Å². The number of hydrogen-bond acceptors (Lipinski definition) is 4. The molecular weight excluding hydrogens is 331 g/mol. The molecular formula is C8H9IN2O3S. The highest BCUT2D eigenvalue weighted by Crippen LogP contribution is 2.34. The number of aliphatic hydroxyl groups is 1. The number of amides is 1. The zero-order valence-electron chi connectivity index (χ0n) is 7.68. The van der Waals surface area contributed by atoms with E-state index in [1.165, 1.54) is 16.2 Å². The van der Waals surface area contributed by atoms with Crippen molar-refractivity contribution in [3.63, 3.8) is 0 Å². The Hall–Kier alpha value is -0.410. The van der Waals surface area contributed by atoms with Crippen LogP contribution in [0.5, 0.6) is 0 Å². The van der Waals surface area contributed by atoms with Crippen LogP contribution >= 0.6 is 33.9 Å². The predicted molar refractivity (Wildman–Crippen MR) is 62.9 cm³/mol. The zero-order valence-corrected chi connectivity index (χ0v) is 10.7. The summed E-state index contributed by atoms with van der Waals surface area (Å²) < 4.78 is 0.991. The third kappa shape index (κ3) is 2.08. The van der Waals surface area contributed by atoms with Crippen LogP contribution in [0.3, 0.4) is 0 Å². The lowest BCUT2D eigenvalue weighted by Crippen LogP contribution is -2.33. The van der Waals surface area contributed by atoms with Crippen molar-refractivity contribution in [1.29, 1.82) is 0 Å². The second-order valence-electron chi connectivity index (χ2n) is 3.46. The first-order valence-corrected chi connectivity index (χ1v) is 6.23. The Balaban J connectivity index is 2.19. The van der Waals surface area contributed by atoms with E-state index in [-0.39, 0.29) is 6.54 Å².